The summed E-state index contributed by atoms with van der Waals surface area (Å²) in [6, 6.07) is 15.3. The second kappa shape index (κ2) is 8.16. The number of fused-ring (bicyclic) bond motifs is 1. The van der Waals surface area contributed by atoms with Crippen LogP contribution in [0.25, 0.3) is 0 Å². The van der Waals surface area contributed by atoms with Gasteiger partial charge in [-0.1, -0.05) is 42.1 Å². The van der Waals surface area contributed by atoms with Gasteiger partial charge < -0.3 is 15.5 Å². The van der Waals surface area contributed by atoms with Crippen LogP contribution >= 0.6 is 11.8 Å². The van der Waals surface area contributed by atoms with E-state index >= 15 is 0 Å². The van der Waals surface area contributed by atoms with E-state index in [-0.39, 0.29) is 11.9 Å². The molecule has 2 aromatic carbocycles. The molecule has 0 bridgehead atoms. The van der Waals surface area contributed by atoms with Crippen LogP contribution in [0, 0.1) is 13.8 Å². The van der Waals surface area contributed by atoms with Gasteiger partial charge in [0, 0.05) is 5.69 Å². The first-order chi connectivity index (χ1) is 14.1. The third kappa shape index (κ3) is 3.93. The molecule has 1 aliphatic rings. The maximum Gasteiger partial charge on any atom is 0.240 e. The number of rotatable bonds is 5. The molecule has 1 aliphatic heterocycles. The molecular weight excluding hydrogens is 386 g/mol. The van der Waals surface area contributed by atoms with Gasteiger partial charge in [0.15, 0.2) is 0 Å². The zero-order valence-electron chi connectivity index (χ0n) is 16.5. The average Bonchev–Trinajstić information content (AvgIpc) is 3.10. The fourth-order valence-electron chi connectivity index (χ4n) is 3.27. The Bertz CT molecular complexity index is 1020. The van der Waals surface area contributed by atoms with Crippen molar-refractivity contribution >= 4 is 23.4 Å². The normalized spacial score (nSPS) is 17.9. The van der Waals surface area contributed by atoms with Crippen LogP contribution in [-0.2, 0) is 4.79 Å². The Morgan fingerprint density at radius 1 is 1.17 bits per heavy atom. The van der Waals surface area contributed by atoms with Gasteiger partial charge in [0.25, 0.3) is 0 Å². The number of hydrogen-bond acceptors (Lipinski definition) is 6. The molecule has 0 fully saturated rings. The molecule has 1 amide bonds. The van der Waals surface area contributed by atoms with E-state index in [4.69, 9.17) is 4.74 Å². The molecule has 7 nitrogen and oxygen atoms in total. The second-order valence-electron chi connectivity index (χ2n) is 6.82. The Hall–Kier alpha value is -3.00. The van der Waals surface area contributed by atoms with Crippen LogP contribution < -0.4 is 15.5 Å². The molecular formula is C21H23N5O2S. The highest BCUT2D eigenvalue weighted by Gasteiger charge is 2.37. The highest BCUT2D eigenvalue weighted by Crippen LogP contribution is 2.38. The third-order valence-electron chi connectivity index (χ3n) is 4.81. The van der Waals surface area contributed by atoms with E-state index in [1.54, 1.807) is 0 Å². The first-order valence-electron chi connectivity index (χ1n) is 9.51. The van der Waals surface area contributed by atoms with Crippen molar-refractivity contribution in [2.24, 2.45) is 0 Å². The molecule has 1 aromatic heterocycles. The molecule has 0 spiro atoms. The van der Waals surface area contributed by atoms with Gasteiger partial charge in [0.2, 0.25) is 11.1 Å². The van der Waals surface area contributed by atoms with Crippen LogP contribution in [0.5, 0.6) is 5.75 Å². The predicted molar refractivity (Wildman–Crippen MR) is 114 cm³/mol. The number of hydrogen-bond donors (Lipinski definition) is 2. The van der Waals surface area contributed by atoms with E-state index < -0.39 is 5.25 Å². The first-order valence-corrected chi connectivity index (χ1v) is 10.4. The van der Waals surface area contributed by atoms with Crippen molar-refractivity contribution < 1.29 is 9.53 Å². The van der Waals surface area contributed by atoms with Gasteiger partial charge in [-0.2, -0.15) is 0 Å². The number of aryl methyl sites for hydroxylation is 2. The summed E-state index contributed by atoms with van der Waals surface area (Å²) in [4.78, 5) is 13.2. The first kappa shape index (κ1) is 19.3. The number of nitrogens with one attached hydrogen (secondary N) is 2. The minimum absolute atomic E-state index is 0.0809. The number of anilines is 1. The highest BCUT2D eigenvalue weighted by atomic mass is 32.2. The zero-order chi connectivity index (χ0) is 20.4. The molecule has 0 saturated carbocycles. The number of carbonyl (C=O) groups is 1. The summed E-state index contributed by atoms with van der Waals surface area (Å²) < 4.78 is 7.38. The Morgan fingerprint density at radius 3 is 2.66 bits per heavy atom. The molecule has 29 heavy (non-hydrogen) atoms. The summed E-state index contributed by atoms with van der Waals surface area (Å²) in [6.07, 6.45) is 0. The smallest absolute Gasteiger partial charge is 0.240 e. The van der Waals surface area contributed by atoms with Gasteiger partial charge in [0.1, 0.15) is 16.8 Å². The Labute approximate surface area is 173 Å². The standard InChI is InChI=1S/C21H23N5O2S/c1-4-28-16-11-9-15(10-12-16)18-19(29-21-24-23-14(3)26(21)25-18)20(27)22-17-8-6-5-7-13(17)2/h5-12,18-19,25H,4H2,1-3H3,(H,22,27). The number of nitrogens with zero attached hydrogens (tertiary/aromatic N) is 3. The highest BCUT2D eigenvalue weighted by molar-refractivity contribution is 8.00. The SMILES string of the molecule is CCOc1ccc(C2Nn3c(C)nnc3SC2C(=O)Nc2ccccc2C)cc1. The molecule has 2 heterocycles. The maximum atomic E-state index is 13.2. The minimum atomic E-state index is -0.413. The number of thioether (sulfide) groups is 1. The van der Waals surface area contributed by atoms with Crippen LogP contribution in [0.4, 0.5) is 5.69 Å². The summed E-state index contributed by atoms with van der Waals surface area (Å²) >= 11 is 1.41. The largest absolute Gasteiger partial charge is 0.494 e. The number of amides is 1. The summed E-state index contributed by atoms with van der Waals surface area (Å²) in [5, 5.41) is 11.7. The molecule has 4 rings (SSSR count). The van der Waals surface area contributed by atoms with Crippen LogP contribution in [0.2, 0.25) is 0 Å². The molecule has 0 aliphatic carbocycles. The third-order valence-corrected chi connectivity index (χ3v) is 6.03. The lowest BCUT2D eigenvalue weighted by Crippen LogP contribution is -2.41. The molecule has 2 unspecified atom stereocenters. The Morgan fingerprint density at radius 2 is 1.93 bits per heavy atom. The second-order valence-corrected chi connectivity index (χ2v) is 7.93. The van der Waals surface area contributed by atoms with Crippen molar-refractivity contribution in [3.8, 4) is 5.75 Å². The number of carbonyl (C=O) groups excluding carboxylic acids is 1. The number of ether oxygens (including phenoxy) is 1. The van der Waals surface area contributed by atoms with Crippen molar-refractivity contribution in [3.63, 3.8) is 0 Å². The van der Waals surface area contributed by atoms with Crippen molar-refractivity contribution in [2.75, 3.05) is 17.3 Å². The minimum Gasteiger partial charge on any atom is -0.494 e. The summed E-state index contributed by atoms with van der Waals surface area (Å²) in [6.45, 7) is 6.43. The average molecular weight is 410 g/mol. The number of aromatic nitrogens is 3. The van der Waals surface area contributed by atoms with E-state index in [0.717, 1.165) is 28.4 Å². The summed E-state index contributed by atoms with van der Waals surface area (Å²) in [5.74, 6) is 1.48. The predicted octanol–water partition coefficient (Wildman–Crippen LogP) is 3.69. The molecule has 3 aromatic rings. The molecule has 0 saturated heterocycles. The molecule has 0 radical (unpaired) electrons. The van der Waals surface area contributed by atoms with Gasteiger partial charge in [0.05, 0.1) is 12.6 Å². The topological polar surface area (TPSA) is 81.1 Å². The van der Waals surface area contributed by atoms with E-state index in [9.17, 15) is 4.79 Å². The van der Waals surface area contributed by atoms with E-state index in [2.05, 4.69) is 20.9 Å². The Kier molecular flexibility index (Phi) is 5.44. The summed E-state index contributed by atoms with van der Waals surface area (Å²) in [7, 11) is 0. The van der Waals surface area contributed by atoms with Gasteiger partial charge >= 0.3 is 0 Å². The van der Waals surface area contributed by atoms with Gasteiger partial charge in [-0.05, 0) is 50.1 Å². The lowest BCUT2D eigenvalue weighted by Gasteiger charge is -2.33. The molecule has 150 valence electrons. The van der Waals surface area contributed by atoms with E-state index in [1.165, 1.54) is 11.8 Å². The van der Waals surface area contributed by atoms with E-state index in [1.807, 2.05) is 74.0 Å². The van der Waals surface area contributed by atoms with Crippen molar-refractivity contribution in [1.29, 1.82) is 0 Å². The Balaban J connectivity index is 1.65. The van der Waals surface area contributed by atoms with Crippen LogP contribution in [0.1, 0.15) is 29.9 Å². The van der Waals surface area contributed by atoms with Crippen LogP contribution in [0.3, 0.4) is 0 Å². The van der Waals surface area contributed by atoms with Crippen molar-refractivity contribution in [3.05, 3.63) is 65.5 Å². The monoisotopic (exact) mass is 409 g/mol. The fraction of sp³-hybridized carbons (Fsp3) is 0.286. The van der Waals surface area contributed by atoms with Gasteiger partial charge in [-0.25, -0.2) is 4.68 Å². The van der Waals surface area contributed by atoms with Crippen LogP contribution in [-0.4, -0.2) is 32.6 Å². The molecule has 2 atom stereocenters. The summed E-state index contributed by atoms with van der Waals surface area (Å²) in [5.41, 5.74) is 6.24. The fourth-order valence-corrected chi connectivity index (χ4v) is 4.39. The maximum absolute atomic E-state index is 13.2. The van der Waals surface area contributed by atoms with Crippen molar-refractivity contribution in [2.45, 2.75) is 37.2 Å². The van der Waals surface area contributed by atoms with Gasteiger partial charge in [-0.3, -0.25) is 4.79 Å². The molecule has 2 N–H and O–H groups in total. The lowest BCUT2D eigenvalue weighted by molar-refractivity contribution is -0.116. The molecule has 8 heteroatoms. The zero-order valence-corrected chi connectivity index (χ0v) is 17.4. The quantitative estimate of drug-likeness (QED) is 0.669. The van der Waals surface area contributed by atoms with Crippen LogP contribution in [0.15, 0.2) is 53.7 Å². The van der Waals surface area contributed by atoms with E-state index in [0.29, 0.717) is 11.8 Å². The van der Waals surface area contributed by atoms with Crippen molar-refractivity contribution in [1.82, 2.24) is 14.9 Å². The number of benzene rings is 2. The van der Waals surface area contributed by atoms with Gasteiger partial charge in [-0.15, -0.1) is 10.2 Å². The lowest BCUT2D eigenvalue weighted by atomic mass is 10.0. The number of para-hydroxylation sites is 1.